The van der Waals surface area contributed by atoms with Crippen LogP contribution in [0.15, 0.2) is 6.20 Å². The molecule has 2 aliphatic rings. The molecule has 3 heterocycles. The summed E-state index contributed by atoms with van der Waals surface area (Å²) in [5, 5.41) is 9.33. The maximum absolute atomic E-state index is 11.8. The molecule has 5 nitrogen and oxygen atoms in total. The smallest absolute Gasteiger partial charge is 0.153 e. The van der Waals surface area contributed by atoms with Crippen molar-refractivity contribution in [2.24, 2.45) is 0 Å². The largest absolute Gasteiger partial charge is 0.393 e. The lowest BCUT2D eigenvalue weighted by Crippen LogP contribution is -2.22. The molecule has 6 heteroatoms. The van der Waals surface area contributed by atoms with Gasteiger partial charge in [-0.05, 0) is 19.3 Å². The summed E-state index contributed by atoms with van der Waals surface area (Å²) >= 11 is 0. The van der Waals surface area contributed by atoms with Gasteiger partial charge in [-0.15, -0.1) is 0 Å². The number of rotatable bonds is 2. The van der Waals surface area contributed by atoms with E-state index in [1.54, 1.807) is 0 Å². The molecule has 3 rings (SSSR count). The zero-order valence-corrected chi connectivity index (χ0v) is 11.1. The van der Waals surface area contributed by atoms with E-state index in [0.717, 1.165) is 37.3 Å². The van der Waals surface area contributed by atoms with Crippen molar-refractivity contribution in [1.29, 1.82) is 0 Å². The molecule has 1 N–H and O–H groups in total. The SMILES string of the molecule is O=S1(=O)CCCC1Cc1cn2c(n1)CC(O)CC2. The summed E-state index contributed by atoms with van der Waals surface area (Å²) < 4.78 is 25.6. The molecule has 0 radical (unpaired) electrons. The molecule has 0 aromatic carbocycles. The second-order valence-electron chi connectivity index (χ2n) is 5.32. The highest BCUT2D eigenvalue weighted by molar-refractivity contribution is 7.92. The Labute approximate surface area is 107 Å². The van der Waals surface area contributed by atoms with Gasteiger partial charge in [0.2, 0.25) is 0 Å². The van der Waals surface area contributed by atoms with E-state index >= 15 is 0 Å². The van der Waals surface area contributed by atoms with Crippen LogP contribution in [0.3, 0.4) is 0 Å². The predicted molar refractivity (Wildman–Crippen MR) is 67.1 cm³/mol. The van der Waals surface area contributed by atoms with Crippen molar-refractivity contribution < 1.29 is 13.5 Å². The Hall–Kier alpha value is -0.880. The summed E-state index contributed by atoms with van der Waals surface area (Å²) in [6, 6.07) is 0. The van der Waals surface area contributed by atoms with Gasteiger partial charge in [0.05, 0.1) is 22.8 Å². The van der Waals surface area contributed by atoms with Crippen LogP contribution in [0.25, 0.3) is 0 Å². The highest BCUT2D eigenvalue weighted by Gasteiger charge is 2.32. The second-order valence-corrected chi connectivity index (χ2v) is 7.72. The molecule has 0 aliphatic carbocycles. The van der Waals surface area contributed by atoms with E-state index in [1.165, 1.54) is 0 Å². The maximum atomic E-state index is 11.8. The van der Waals surface area contributed by atoms with Gasteiger partial charge in [-0.2, -0.15) is 0 Å². The first kappa shape index (κ1) is 12.2. The van der Waals surface area contributed by atoms with Crippen LogP contribution in [0.4, 0.5) is 0 Å². The van der Waals surface area contributed by atoms with Crippen molar-refractivity contribution in [3.63, 3.8) is 0 Å². The first-order chi connectivity index (χ1) is 8.54. The third-order valence-electron chi connectivity index (χ3n) is 3.93. The van der Waals surface area contributed by atoms with Crippen LogP contribution >= 0.6 is 0 Å². The van der Waals surface area contributed by atoms with Gasteiger partial charge < -0.3 is 9.67 Å². The summed E-state index contributed by atoms with van der Waals surface area (Å²) in [4.78, 5) is 4.47. The third-order valence-corrected chi connectivity index (χ3v) is 6.21. The monoisotopic (exact) mass is 270 g/mol. The van der Waals surface area contributed by atoms with Crippen molar-refractivity contribution in [3.8, 4) is 0 Å². The molecule has 1 saturated heterocycles. The quantitative estimate of drug-likeness (QED) is 0.839. The molecule has 2 unspecified atom stereocenters. The van der Waals surface area contributed by atoms with Crippen molar-refractivity contribution in [2.75, 3.05) is 5.75 Å². The van der Waals surface area contributed by atoms with Crippen LogP contribution in [0.5, 0.6) is 0 Å². The Morgan fingerprint density at radius 1 is 1.44 bits per heavy atom. The number of hydrogen-bond donors (Lipinski definition) is 1. The molecule has 100 valence electrons. The van der Waals surface area contributed by atoms with Crippen molar-refractivity contribution >= 4 is 9.84 Å². The van der Waals surface area contributed by atoms with Gasteiger partial charge in [0, 0.05) is 25.6 Å². The van der Waals surface area contributed by atoms with Gasteiger partial charge >= 0.3 is 0 Å². The average molecular weight is 270 g/mol. The number of hydrogen-bond acceptors (Lipinski definition) is 4. The minimum absolute atomic E-state index is 0.251. The van der Waals surface area contributed by atoms with Crippen LogP contribution in [-0.2, 0) is 29.2 Å². The topological polar surface area (TPSA) is 72.2 Å². The van der Waals surface area contributed by atoms with Crippen molar-refractivity contribution in [2.45, 2.75) is 50.0 Å². The third kappa shape index (κ3) is 2.19. The zero-order valence-electron chi connectivity index (χ0n) is 10.2. The first-order valence-corrected chi connectivity index (χ1v) is 8.21. The van der Waals surface area contributed by atoms with E-state index in [4.69, 9.17) is 0 Å². The molecule has 0 amide bonds. The number of fused-ring (bicyclic) bond motifs is 1. The Morgan fingerprint density at radius 2 is 2.28 bits per heavy atom. The Kier molecular flexibility index (Phi) is 2.94. The Bertz CT molecular complexity index is 550. The average Bonchev–Trinajstić information content (AvgIpc) is 2.82. The predicted octanol–water partition coefficient (Wildman–Crippen LogP) is 0.310. The number of imidazole rings is 1. The van der Waals surface area contributed by atoms with Gasteiger partial charge in [-0.3, -0.25) is 0 Å². The van der Waals surface area contributed by atoms with Crippen LogP contribution < -0.4 is 0 Å². The summed E-state index contributed by atoms with van der Waals surface area (Å²) in [6.07, 6.45) is 5.05. The van der Waals surface area contributed by atoms with Gasteiger partial charge in [0.15, 0.2) is 9.84 Å². The molecule has 18 heavy (non-hydrogen) atoms. The van der Waals surface area contributed by atoms with Crippen LogP contribution in [0.2, 0.25) is 0 Å². The molecule has 1 aromatic rings. The molecule has 1 aromatic heterocycles. The molecule has 2 aliphatic heterocycles. The van der Waals surface area contributed by atoms with E-state index in [1.807, 2.05) is 10.8 Å². The van der Waals surface area contributed by atoms with E-state index < -0.39 is 9.84 Å². The minimum Gasteiger partial charge on any atom is -0.393 e. The molecule has 0 spiro atoms. The Balaban J connectivity index is 1.78. The number of sulfone groups is 1. The number of aliphatic hydroxyl groups excluding tert-OH is 1. The highest BCUT2D eigenvalue weighted by atomic mass is 32.2. The second kappa shape index (κ2) is 4.35. The number of aliphatic hydroxyl groups is 1. The standard InChI is InChI=1S/C12H18N2O3S/c15-10-3-4-14-8-9(13-12(14)7-10)6-11-2-1-5-18(11,16)17/h8,10-11,15H,1-7H2. The van der Waals surface area contributed by atoms with E-state index in [2.05, 4.69) is 4.98 Å². The van der Waals surface area contributed by atoms with E-state index in [-0.39, 0.29) is 11.4 Å². The summed E-state index contributed by atoms with van der Waals surface area (Å²) in [6.45, 7) is 0.779. The lowest BCUT2D eigenvalue weighted by Gasteiger charge is -2.18. The number of aromatic nitrogens is 2. The van der Waals surface area contributed by atoms with E-state index in [0.29, 0.717) is 18.6 Å². The maximum Gasteiger partial charge on any atom is 0.153 e. The highest BCUT2D eigenvalue weighted by Crippen LogP contribution is 2.24. The summed E-state index contributed by atoms with van der Waals surface area (Å²) in [5.41, 5.74) is 0.856. The molecule has 0 bridgehead atoms. The molecular weight excluding hydrogens is 252 g/mol. The fraction of sp³-hybridized carbons (Fsp3) is 0.750. The van der Waals surface area contributed by atoms with Crippen molar-refractivity contribution in [1.82, 2.24) is 9.55 Å². The fourth-order valence-corrected chi connectivity index (χ4v) is 4.74. The van der Waals surface area contributed by atoms with Gasteiger partial charge in [-0.1, -0.05) is 0 Å². The Morgan fingerprint density at radius 3 is 3.00 bits per heavy atom. The first-order valence-electron chi connectivity index (χ1n) is 6.49. The molecule has 2 atom stereocenters. The number of aryl methyl sites for hydroxylation is 1. The van der Waals surface area contributed by atoms with Crippen LogP contribution in [0.1, 0.15) is 30.8 Å². The van der Waals surface area contributed by atoms with Gasteiger partial charge in [0.25, 0.3) is 0 Å². The normalized spacial score (nSPS) is 30.3. The lowest BCUT2D eigenvalue weighted by molar-refractivity contribution is 0.141. The zero-order chi connectivity index (χ0) is 12.8. The minimum atomic E-state index is -2.90. The van der Waals surface area contributed by atoms with Crippen LogP contribution in [0, 0.1) is 0 Å². The molecular formula is C12H18N2O3S. The van der Waals surface area contributed by atoms with Crippen LogP contribution in [-0.4, -0.2) is 40.2 Å². The molecule has 0 saturated carbocycles. The summed E-state index contributed by atoms with van der Waals surface area (Å²) in [5.74, 6) is 1.21. The fourth-order valence-electron chi connectivity index (χ4n) is 2.89. The molecule has 1 fully saturated rings. The van der Waals surface area contributed by atoms with Gasteiger partial charge in [-0.25, -0.2) is 13.4 Å². The number of nitrogens with zero attached hydrogens (tertiary/aromatic N) is 2. The van der Waals surface area contributed by atoms with E-state index in [9.17, 15) is 13.5 Å². The van der Waals surface area contributed by atoms with Gasteiger partial charge in [0.1, 0.15) is 5.82 Å². The van der Waals surface area contributed by atoms with Crippen molar-refractivity contribution in [3.05, 3.63) is 17.7 Å². The lowest BCUT2D eigenvalue weighted by atomic mass is 10.1. The summed E-state index contributed by atoms with van der Waals surface area (Å²) in [7, 11) is -2.90.